The number of nitrogens with two attached hydrogens (primary N) is 1. The number of hydrogen-bond donors (Lipinski definition) is 5. The molecule has 0 heterocycles. The quantitative estimate of drug-likeness (QED) is 0.292. The van der Waals surface area contributed by atoms with Crippen molar-refractivity contribution in [3.63, 3.8) is 0 Å². The molecule has 2 aliphatic rings. The highest BCUT2D eigenvalue weighted by Crippen LogP contribution is 2.57. The molecule has 0 bridgehead atoms. The summed E-state index contributed by atoms with van der Waals surface area (Å²) in [7, 11) is 0. The molecule has 0 aromatic carbocycles. The summed E-state index contributed by atoms with van der Waals surface area (Å²) >= 11 is 0. The van der Waals surface area contributed by atoms with Gasteiger partial charge >= 0.3 is 0 Å². The van der Waals surface area contributed by atoms with E-state index < -0.39 is 29.8 Å². The molecule has 2 aliphatic carbocycles. The monoisotopic (exact) mass is 175 g/mol. The van der Waals surface area contributed by atoms with Crippen LogP contribution in [0.25, 0.3) is 0 Å². The molecule has 12 heavy (non-hydrogen) atoms. The number of aliphatic hydroxyl groups excluding tert-OH is 3. The van der Waals surface area contributed by atoms with E-state index in [1.54, 1.807) is 0 Å². The van der Waals surface area contributed by atoms with Crippen molar-refractivity contribution < 1.29 is 20.4 Å². The van der Waals surface area contributed by atoms with E-state index in [1.165, 1.54) is 0 Å². The Labute approximate surface area is 69.4 Å². The van der Waals surface area contributed by atoms with Crippen LogP contribution in [0.5, 0.6) is 0 Å². The van der Waals surface area contributed by atoms with E-state index in [-0.39, 0.29) is 12.5 Å². The van der Waals surface area contributed by atoms with Crippen LogP contribution in [-0.2, 0) is 0 Å². The number of rotatable bonds is 1. The summed E-state index contributed by atoms with van der Waals surface area (Å²) in [4.78, 5) is 0. The van der Waals surface area contributed by atoms with Gasteiger partial charge in [-0.3, -0.25) is 0 Å². The minimum absolute atomic E-state index is 0.251. The van der Waals surface area contributed by atoms with Crippen molar-refractivity contribution >= 4 is 0 Å². The molecular formula is C7H13NO4. The highest BCUT2D eigenvalue weighted by Gasteiger charge is 2.76. The Morgan fingerprint density at radius 2 is 1.92 bits per heavy atom. The number of aliphatic hydroxyl groups is 4. The van der Waals surface area contributed by atoms with Crippen molar-refractivity contribution in [1.29, 1.82) is 0 Å². The van der Waals surface area contributed by atoms with Gasteiger partial charge in [-0.2, -0.15) is 0 Å². The van der Waals surface area contributed by atoms with Gasteiger partial charge in [0, 0.05) is 24.5 Å². The number of hydrogen-bond acceptors (Lipinski definition) is 5. The summed E-state index contributed by atoms with van der Waals surface area (Å²) in [6.45, 7) is -0.251. The molecule has 70 valence electrons. The zero-order valence-electron chi connectivity index (χ0n) is 6.46. The van der Waals surface area contributed by atoms with Crippen molar-refractivity contribution in [3.05, 3.63) is 0 Å². The van der Waals surface area contributed by atoms with E-state index in [0.717, 1.165) is 0 Å². The largest absolute Gasteiger partial charge is 0.396 e. The van der Waals surface area contributed by atoms with Crippen LogP contribution in [-0.4, -0.2) is 50.9 Å². The van der Waals surface area contributed by atoms with E-state index in [9.17, 15) is 15.3 Å². The van der Waals surface area contributed by atoms with Gasteiger partial charge in [-0.05, 0) is 0 Å². The van der Waals surface area contributed by atoms with Gasteiger partial charge in [0.1, 0.15) is 11.7 Å². The SMILES string of the molecule is NC1C2C(CO)C(O)C(O)C12O. The second-order valence-corrected chi connectivity index (χ2v) is 3.72. The molecule has 6 unspecified atom stereocenters. The lowest BCUT2D eigenvalue weighted by Gasteiger charge is -2.21. The van der Waals surface area contributed by atoms with Crippen LogP contribution >= 0.6 is 0 Å². The molecule has 0 spiro atoms. The molecule has 0 aliphatic heterocycles. The number of fused-ring (bicyclic) bond motifs is 1. The first-order valence-corrected chi connectivity index (χ1v) is 4.00. The normalized spacial score (nSPS) is 63.2. The molecule has 0 amide bonds. The van der Waals surface area contributed by atoms with Gasteiger partial charge in [-0.25, -0.2) is 0 Å². The van der Waals surface area contributed by atoms with E-state index in [1.807, 2.05) is 0 Å². The minimum Gasteiger partial charge on any atom is -0.396 e. The maximum Gasteiger partial charge on any atom is 0.113 e. The molecule has 2 saturated carbocycles. The van der Waals surface area contributed by atoms with E-state index in [0.29, 0.717) is 0 Å². The van der Waals surface area contributed by atoms with Crippen LogP contribution in [0.2, 0.25) is 0 Å². The maximum atomic E-state index is 9.63. The Kier molecular flexibility index (Phi) is 1.53. The fourth-order valence-corrected chi connectivity index (χ4v) is 2.39. The van der Waals surface area contributed by atoms with Crippen LogP contribution in [0, 0.1) is 11.8 Å². The van der Waals surface area contributed by atoms with Gasteiger partial charge in [0.15, 0.2) is 0 Å². The third-order valence-electron chi connectivity index (χ3n) is 3.25. The molecule has 5 heteroatoms. The molecular weight excluding hydrogens is 162 g/mol. The van der Waals surface area contributed by atoms with Gasteiger partial charge in [-0.1, -0.05) is 0 Å². The minimum atomic E-state index is -1.35. The second kappa shape index (κ2) is 2.18. The maximum absolute atomic E-state index is 9.63. The predicted molar refractivity (Wildman–Crippen MR) is 39.0 cm³/mol. The molecule has 0 saturated heterocycles. The summed E-state index contributed by atoms with van der Waals surface area (Å²) in [5.41, 5.74) is 4.14. The molecule has 0 aromatic rings. The molecule has 2 rings (SSSR count). The Hall–Kier alpha value is -0.200. The van der Waals surface area contributed by atoms with Crippen LogP contribution in [0.3, 0.4) is 0 Å². The summed E-state index contributed by atoms with van der Waals surface area (Å²) < 4.78 is 0. The first-order chi connectivity index (χ1) is 5.55. The highest BCUT2D eigenvalue weighted by molar-refractivity contribution is 5.29. The van der Waals surface area contributed by atoms with E-state index in [2.05, 4.69) is 0 Å². The lowest BCUT2D eigenvalue weighted by molar-refractivity contribution is -0.0645. The van der Waals surface area contributed by atoms with Gasteiger partial charge in [0.2, 0.25) is 0 Å². The fraction of sp³-hybridized carbons (Fsp3) is 1.00. The lowest BCUT2D eigenvalue weighted by atomic mass is 9.99. The third-order valence-corrected chi connectivity index (χ3v) is 3.25. The van der Waals surface area contributed by atoms with Crippen molar-refractivity contribution in [2.75, 3.05) is 6.61 Å². The topological polar surface area (TPSA) is 107 Å². The zero-order chi connectivity index (χ0) is 9.09. The average molecular weight is 175 g/mol. The fourth-order valence-electron chi connectivity index (χ4n) is 2.39. The van der Waals surface area contributed by atoms with Crippen LogP contribution in [0.1, 0.15) is 0 Å². The van der Waals surface area contributed by atoms with Crippen LogP contribution in [0.15, 0.2) is 0 Å². The Bertz CT molecular complexity index is 212. The summed E-state index contributed by atoms with van der Waals surface area (Å²) in [6.07, 6.45) is -2.26. The van der Waals surface area contributed by atoms with Gasteiger partial charge in [-0.15, -0.1) is 0 Å². The molecule has 6 N–H and O–H groups in total. The van der Waals surface area contributed by atoms with Crippen molar-refractivity contribution in [1.82, 2.24) is 0 Å². The summed E-state index contributed by atoms with van der Waals surface area (Å²) in [5.74, 6) is -0.840. The average Bonchev–Trinajstić information content (AvgIpc) is 2.50. The predicted octanol–water partition coefficient (Wildman–Crippen LogP) is -2.98. The first-order valence-electron chi connectivity index (χ1n) is 4.00. The zero-order valence-corrected chi connectivity index (χ0v) is 6.46. The van der Waals surface area contributed by atoms with E-state index in [4.69, 9.17) is 10.8 Å². The van der Waals surface area contributed by atoms with Crippen molar-refractivity contribution in [2.45, 2.75) is 23.9 Å². The summed E-state index contributed by atoms with van der Waals surface area (Å²) in [6, 6.07) is -0.506. The third kappa shape index (κ3) is 0.664. The van der Waals surface area contributed by atoms with E-state index >= 15 is 0 Å². The van der Waals surface area contributed by atoms with Crippen molar-refractivity contribution in [2.24, 2.45) is 17.6 Å². The highest BCUT2D eigenvalue weighted by atomic mass is 16.4. The molecule has 6 atom stereocenters. The molecule has 0 aromatic heterocycles. The van der Waals surface area contributed by atoms with Gasteiger partial charge in [0.25, 0.3) is 0 Å². The Morgan fingerprint density at radius 1 is 1.33 bits per heavy atom. The van der Waals surface area contributed by atoms with Gasteiger partial charge in [0.05, 0.1) is 6.10 Å². The lowest BCUT2D eigenvalue weighted by Crippen LogP contribution is -2.43. The standard InChI is InChI=1S/C7H13NO4/c8-5-3-2(1-9)4(10)6(11)7(3,5)12/h2-6,9-12H,1,8H2. The Balaban J connectivity index is 2.23. The van der Waals surface area contributed by atoms with Gasteiger partial charge < -0.3 is 26.2 Å². The summed E-state index contributed by atoms with van der Waals surface area (Å²) in [5, 5.41) is 37.1. The first kappa shape index (κ1) is 8.40. The molecule has 5 nitrogen and oxygen atoms in total. The molecule has 2 fully saturated rings. The van der Waals surface area contributed by atoms with Crippen LogP contribution < -0.4 is 5.73 Å². The molecule has 0 radical (unpaired) electrons. The van der Waals surface area contributed by atoms with Crippen LogP contribution in [0.4, 0.5) is 0 Å². The van der Waals surface area contributed by atoms with Crippen molar-refractivity contribution in [3.8, 4) is 0 Å². The second-order valence-electron chi connectivity index (χ2n) is 3.72. The Morgan fingerprint density at radius 3 is 2.25 bits per heavy atom. The smallest absolute Gasteiger partial charge is 0.113 e.